The van der Waals surface area contributed by atoms with Crippen LogP contribution in [0.1, 0.15) is 27.0 Å². The summed E-state index contributed by atoms with van der Waals surface area (Å²) in [6.07, 6.45) is 0. The number of hydrogen-bond acceptors (Lipinski definition) is 5. The van der Waals surface area contributed by atoms with Crippen molar-refractivity contribution < 1.29 is 44.0 Å². The Kier molecular flexibility index (Phi) is 4.34. The standard InChI is InChI=1S/C20H9Cl2O5.Zn/c21-17-13(24)8-15-16(18(17)22)20(12-6-5-9(23)7-14(12)26-15)11-4-2-1-3-10(11)19(25)27-20;/h1-7,23-24H;/q-1;. The Balaban J connectivity index is 0.00000192. The van der Waals surface area contributed by atoms with E-state index in [1.54, 1.807) is 30.3 Å². The van der Waals surface area contributed by atoms with E-state index in [9.17, 15) is 15.0 Å². The van der Waals surface area contributed by atoms with E-state index < -0.39 is 17.3 Å². The van der Waals surface area contributed by atoms with Crippen LogP contribution in [0.15, 0.2) is 42.5 Å². The smallest absolute Gasteiger partial charge is 0.339 e. The summed E-state index contributed by atoms with van der Waals surface area (Å²) in [4.78, 5) is 12.6. The van der Waals surface area contributed by atoms with Gasteiger partial charge in [-0.3, -0.25) is 0 Å². The minimum absolute atomic E-state index is 0. The summed E-state index contributed by atoms with van der Waals surface area (Å²) in [5, 5.41) is 19.8. The topological polar surface area (TPSA) is 76.0 Å². The second kappa shape index (κ2) is 6.38. The van der Waals surface area contributed by atoms with Gasteiger partial charge in [0.05, 0.1) is 5.56 Å². The largest absolute Gasteiger partial charge is 0.532 e. The van der Waals surface area contributed by atoms with Crippen LogP contribution in [0.2, 0.25) is 10.0 Å². The minimum atomic E-state index is -1.44. The second-order valence-electron chi connectivity index (χ2n) is 6.20. The average molecular weight is 466 g/mol. The number of fused-ring (bicyclic) bond motifs is 6. The number of halogens is 2. The fraction of sp³-hybridized carbons (Fsp3) is 0.0500. The summed E-state index contributed by atoms with van der Waals surface area (Å²) in [6, 6.07) is 14.0. The zero-order chi connectivity index (χ0) is 18.9. The van der Waals surface area contributed by atoms with Crippen molar-refractivity contribution in [1.82, 2.24) is 0 Å². The molecule has 2 aliphatic rings. The van der Waals surface area contributed by atoms with Crippen molar-refractivity contribution in [3.63, 3.8) is 0 Å². The average Bonchev–Trinajstić information content (AvgIpc) is 2.93. The van der Waals surface area contributed by atoms with Gasteiger partial charge in [-0.15, -0.1) is 11.6 Å². The Morgan fingerprint density at radius 1 is 1.00 bits per heavy atom. The van der Waals surface area contributed by atoms with E-state index in [1.165, 1.54) is 12.1 Å². The van der Waals surface area contributed by atoms with Crippen molar-refractivity contribution in [2.24, 2.45) is 0 Å². The summed E-state index contributed by atoms with van der Waals surface area (Å²) in [5.74, 6) is -0.644. The van der Waals surface area contributed by atoms with Crippen LogP contribution >= 0.6 is 23.2 Å². The van der Waals surface area contributed by atoms with E-state index in [1.807, 2.05) is 0 Å². The number of rotatable bonds is 0. The van der Waals surface area contributed by atoms with Crippen LogP contribution in [0, 0.1) is 6.07 Å². The van der Waals surface area contributed by atoms with E-state index in [-0.39, 0.29) is 52.3 Å². The van der Waals surface area contributed by atoms with Gasteiger partial charge in [-0.1, -0.05) is 24.3 Å². The van der Waals surface area contributed by atoms with Gasteiger partial charge in [-0.05, 0) is 33.8 Å². The number of carbonyl (C=O) groups is 1. The second-order valence-corrected chi connectivity index (χ2v) is 6.96. The van der Waals surface area contributed by atoms with Gasteiger partial charge in [0.2, 0.25) is 0 Å². The summed E-state index contributed by atoms with van der Waals surface area (Å²) in [5.41, 5.74) is 0.245. The first-order valence-electron chi connectivity index (χ1n) is 7.91. The van der Waals surface area contributed by atoms with Crippen molar-refractivity contribution in [3.05, 3.63) is 80.8 Å². The molecule has 8 heteroatoms. The maximum absolute atomic E-state index is 12.6. The predicted octanol–water partition coefficient (Wildman–Crippen LogP) is 4.77. The van der Waals surface area contributed by atoms with Crippen molar-refractivity contribution in [2.75, 3.05) is 0 Å². The number of esters is 1. The van der Waals surface area contributed by atoms with Crippen LogP contribution in [0.5, 0.6) is 23.0 Å². The first kappa shape index (κ1) is 19.1. The van der Waals surface area contributed by atoms with Gasteiger partial charge < -0.3 is 19.7 Å². The molecule has 3 aromatic rings. The van der Waals surface area contributed by atoms with Crippen LogP contribution in [0.3, 0.4) is 0 Å². The molecular weight excluding hydrogens is 457 g/mol. The summed E-state index contributed by atoms with van der Waals surface area (Å²) in [7, 11) is 0. The number of carbonyl (C=O) groups excluding carboxylic acids is 1. The van der Waals surface area contributed by atoms with Crippen LogP contribution in [-0.2, 0) is 29.8 Å². The van der Waals surface area contributed by atoms with Gasteiger partial charge >= 0.3 is 5.97 Å². The molecule has 2 N–H and O–H groups in total. The Morgan fingerprint density at radius 3 is 2.54 bits per heavy atom. The molecule has 0 amide bonds. The number of phenols is 2. The number of aromatic hydroxyl groups is 2. The SMILES string of the molecule is O=C1OC2(c3ccc(O)cc3Oc3[c-]c(O)c(Cl)c(Cl)c32)c2ccccc21.[Zn]. The monoisotopic (exact) mass is 463 g/mol. The molecule has 0 saturated carbocycles. The van der Waals surface area contributed by atoms with Gasteiger partial charge in [0.1, 0.15) is 11.5 Å². The molecule has 0 aliphatic carbocycles. The van der Waals surface area contributed by atoms with E-state index in [4.69, 9.17) is 32.7 Å². The van der Waals surface area contributed by atoms with Crippen molar-refractivity contribution in [1.29, 1.82) is 0 Å². The molecule has 0 fully saturated rings. The molecule has 28 heavy (non-hydrogen) atoms. The Labute approximate surface area is 182 Å². The van der Waals surface area contributed by atoms with Crippen molar-refractivity contribution in [2.45, 2.75) is 5.60 Å². The Bertz CT molecular complexity index is 1160. The number of ether oxygens (including phenoxy) is 2. The van der Waals surface area contributed by atoms with E-state index in [2.05, 4.69) is 6.07 Å². The van der Waals surface area contributed by atoms with Gasteiger partial charge in [-0.25, -0.2) is 4.79 Å². The Hall–Kier alpha value is -2.27. The molecular formula is C20H9Cl2O5Zn-. The molecule has 0 bridgehead atoms. The number of benzene rings is 3. The fourth-order valence-corrected chi connectivity index (χ4v) is 4.11. The van der Waals surface area contributed by atoms with E-state index >= 15 is 0 Å². The predicted molar refractivity (Wildman–Crippen MR) is 96.9 cm³/mol. The molecule has 5 rings (SSSR count). The fourth-order valence-electron chi connectivity index (χ4n) is 3.66. The maximum atomic E-state index is 12.6. The van der Waals surface area contributed by atoms with Crippen LogP contribution in [-0.4, -0.2) is 16.2 Å². The van der Waals surface area contributed by atoms with Crippen LogP contribution < -0.4 is 4.74 Å². The van der Waals surface area contributed by atoms with Crippen molar-refractivity contribution >= 4 is 29.2 Å². The third-order valence-electron chi connectivity index (χ3n) is 4.76. The Morgan fingerprint density at radius 2 is 1.75 bits per heavy atom. The van der Waals surface area contributed by atoms with Gasteiger partial charge in [0.15, 0.2) is 5.60 Å². The van der Waals surface area contributed by atoms with E-state index in [0.717, 1.165) is 0 Å². The molecule has 3 aromatic carbocycles. The third kappa shape index (κ3) is 2.32. The third-order valence-corrected chi connectivity index (χ3v) is 5.60. The molecule has 2 aliphatic heterocycles. The zero-order valence-corrected chi connectivity index (χ0v) is 18.6. The van der Waals surface area contributed by atoms with Crippen LogP contribution in [0.4, 0.5) is 0 Å². The van der Waals surface area contributed by atoms with Crippen molar-refractivity contribution in [3.8, 4) is 23.0 Å². The van der Waals surface area contributed by atoms with Gasteiger partial charge in [0, 0.05) is 48.2 Å². The molecule has 2 heterocycles. The first-order chi connectivity index (χ1) is 12.9. The first-order valence-corrected chi connectivity index (χ1v) is 8.67. The number of phenolic OH excluding ortho intramolecular Hbond substituents is 2. The molecule has 5 nitrogen and oxygen atoms in total. The quantitative estimate of drug-likeness (QED) is 0.284. The zero-order valence-electron chi connectivity index (χ0n) is 14.1. The molecule has 1 spiro atoms. The molecule has 136 valence electrons. The molecule has 1 atom stereocenters. The molecule has 0 saturated heterocycles. The minimum Gasteiger partial charge on any atom is -0.532 e. The maximum Gasteiger partial charge on any atom is 0.339 e. The number of hydrogen-bond donors (Lipinski definition) is 2. The van der Waals surface area contributed by atoms with Gasteiger partial charge in [-0.2, -0.15) is 11.6 Å². The van der Waals surface area contributed by atoms with Gasteiger partial charge in [0.25, 0.3) is 0 Å². The molecule has 1 unspecified atom stereocenters. The molecule has 0 aromatic heterocycles. The summed E-state index contributed by atoms with van der Waals surface area (Å²) >= 11 is 12.6. The van der Waals surface area contributed by atoms with E-state index in [0.29, 0.717) is 16.7 Å². The normalized spacial score (nSPS) is 18.4. The summed E-state index contributed by atoms with van der Waals surface area (Å²) < 4.78 is 11.7. The molecule has 0 radical (unpaired) electrons. The van der Waals surface area contributed by atoms with Crippen LogP contribution in [0.25, 0.3) is 0 Å². The summed E-state index contributed by atoms with van der Waals surface area (Å²) in [6.45, 7) is 0.